The Morgan fingerprint density at radius 1 is 0.857 bits per heavy atom. The van der Waals surface area contributed by atoms with Gasteiger partial charge in [0.15, 0.2) is 0 Å². The smallest absolute Gasteiger partial charge is 0.298 e. The zero-order chi connectivity index (χ0) is 19.9. The Labute approximate surface area is 162 Å². The zero-order valence-electron chi connectivity index (χ0n) is 15.1. The van der Waals surface area contributed by atoms with Gasteiger partial charge in [0, 0.05) is 32.7 Å². The van der Waals surface area contributed by atoms with Gasteiger partial charge < -0.3 is 0 Å². The molecule has 0 saturated carbocycles. The second-order valence-electron chi connectivity index (χ2n) is 7.54. The van der Waals surface area contributed by atoms with Gasteiger partial charge in [0.05, 0.1) is 10.5 Å². The maximum Gasteiger partial charge on any atom is 0.416 e. The lowest BCUT2D eigenvalue weighted by atomic mass is 10.0. The number of hydrogen-bond acceptors (Lipinski definition) is 3. The summed E-state index contributed by atoms with van der Waals surface area (Å²) in [6.07, 6.45) is -4.32. The van der Waals surface area contributed by atoms with Crippen molar-refractivity contribution in [1.29, 1.82) is 0 Å². The number of hydrogen-bond donors (Lipinski definition) is 0. The molecule has 4 nitrogen and oxygen atoms in total. The summed E-state index contributed by atoms with van der Waals surface area (Å²) in [5.74, 6) is 0.515. The molecule has 2 atom stereocenters. The van der Waals surface area contributed by atoms with Gasteiger partial charge in [-0.1, -0.05) is 30.3 Å². The van der Waals surface area contributed by atoms with Crippen molar-refractivity contribution in [3.8, 4) is 0 Å². The topological polar surface area (TPSA) is 40.6 Å². The molecule has 4 rings (SSSR count). The lowest BCUT2D eigenvalue weighted by molar-refractivity contribution is -0.137. The molecule has 2 aliphatic rings. The lowest BCUT2D eigenvalue weighted by Gasteiger charge is -2.21. The van der Waals surface area contributed by atoms with Crippen LogP contribution in [0.2, 0.25) is 0 Å². The third kappa shape index (κ3) is 3.81. The van der Waals surface area contributed by atoms with Gasteiger partial charge in [0.1, 0.15) is 0 Å². The molecule has 8 heteroatoms. The molecule has 2 saturated heterocycles. The first kappa shape index (κ1) is 19.4. The second kappa shape index (κ2) is 7.17. The van der Waals surface area contributed by atoms with Crippen molar-refractivity contribution in [2.45, 2.75) is 17.6 Å². The van der Waals surface area contributed by atoms with E-state index in [1.54, 1.807) is 34.6 Å². The van der Waals surface area contributed by atoms with Crippen LogP contribution in [0.25, 0.3) is 0 Å². The fourth-order valence-electron chi connectivity index (χ4n) is 4.17. The minimum atomic E-state index is -4.32. The van der Waals surface area contributed by atoms with Gasteiger partial charge in [-0.25, -0.2) is 8.42 Å². The first-order chi connectivity index (χ1) is 13.2. The van der Waals surface area contributed by atoms with Crippen molar-refractivity contribution in [3.63, 3.8) is 0 Å². The van der Waals surface area contributed by atoms with E-state index in [0.29, 0.717) is 24.5 Å². The number of likely N-dealkylation sites (tertiary alicyclic amines) is 1. The van der Waals surface area contributed by atoms with Crippen molar-refractivity contribution in [2.24, 2.45) is 11.8 Å². The molecule has 2 aliphatic heterocycles. The largest absolute Gasteiger partial charge is 0.416 e. The Kier molecular flexibility index (Phi) is 4.97. The van der Waals surface area contributed by atoms with Crippen LogP contribution in [0.1, 0.15) is 11.1 Å². The molecule has 150 valence electrons. The second-order valence-corrected chi connectivity index (χ2v) is 9.48. The summed E-state index contributed by atoms with van der Waals surface area (Å²) in [6, 6.07) is 13.7. The molecule has 2 fully saturated rings. The van der Waals surface area contributed by atoms with Gasteiger partial charge >= 0.3 is 6.18 Å². The van der Waals surface area contributed by atoms with E-state index in [2.05, 4.69) is 4.90 Å². The Hall–Kier alpha value is -1.90. The minimum absolute atomic E-state index is 0.257. The number of nitrogens with zero attached hydrogens (tertiary/aromatic N) is 2. The van der Waals surface area contributed by atoms with Crippen LogP contribution in [-0.4, -0.2) is 43.8 Å². The summed E-state index contributed by atoms with van der Waals surface area (Å²) in [5.41, 5.74) is 0.193. The third-order valence-corrected chi connectivity index (χ3v) is 7.44. The van der Waals surface area contributed by atoms with Crippen LogP contribution in [0.4, 0.5) is 13.2 Å². The van der Waals surface area contributed by atoms with E-state index in [4.69, 9.17) is 0 Å². The molecule has 0 amide bonds. The highest BCUT2D eigenvalue weighted by Gasteiger charge is 2.44. The summed E-state index contributed by atoms with van der Waals surface area (Å²) in [5, 5.41) is 0. The van der Waals surface area contributed by atoms with Crippen LogP contribution < -0.4 is 0 Å². The molecular formula is C20H21F3N2O2S. The van der Waals surface area contributed by atoms with E-state index in [9.17, 15) is 21.6 Å². The van der Waals surface area contributed by atoms with E-state index in [1.807, 2.05) is 0 Å². The van der Waals surface area contributed by atoms with Gasteiger partial charge in [-0.15, -0.1) is 0 Å². The first-order valence-electron chi connectivity index (χ1n) is 9.17. The SMILES string of the molecule is O=S(=O)(c1ccccc1)N1CC2CN(Cc3ccc(C(F)(F)F)cc3)CC2C1. The molecule has 28 heavy (non-hydrogen) atoms. The number of halogens is 3. The van der Waals surface area contributed by atoms with Crippen LogP contribution in [0.3, 0.4) is 0 Å². The third-order valence-electron chi connectivity index (χ3n) is 5.60. The van der Waals surface area contributed by atoms with E-state index in [-0.39, 0.29) is 11.8 Å². The molecule has 0 spiro atoms. The molecule has 0 bridgehead atoms. The lowest BCUT2D eigenvalue weighted by Crippen LogP contribution is -2.33. The van der Waals surface area contributed by atoms with Gasteiger partial charge in [0.25, 0.3) is 0 Å². The molecular weight excluding hydrogens is 389 g/mol. The van der Waals surface area contributed by atoms with E-state index in [0.717, 1.165) is 30.8 Å². The number of sulfonamides is 1. The van der Waals surface area contributed by atoms with Gasteiger partial charge in [-0.3, -0.25) is 4.90 Å². The van der Waals surface area contributed by atoms with Crippen molar-refractivity contribution in [3.05, 3.63) is 65.7 Å². The average molecular weight is 410 g/mol. The van der Waals surface area contributed by atoms with Crippen molar-refractivity contribution < 1.29 is 21.6 Å². The Balaban J connectivity index is 1.37. The van der Waals surface area contributed by atoms with Crippen molar-refractivity contribution in [2.75, 3.05) is 26.2 Å². The summed E-state index contributed by atoms with van der Waals surface area (Å²) < 4.78 is 65.1. The van der Waals surface area contributed by atoms with E-state index in [1.165, 1.54) is 12.1 Å². The zero-order valence-corrected chi connectivity index (χ0v) is 16.0. The first-order valence-corrected chi connectivity index (χ1v) is 10.6. The Morgan fingerprint density at radius 3 is 1.96 bits per heavy atom. The molecule has 2 aromatic rings. The maximum atomic E-state index is 12.8. The van der Waals surface area contributed by atoms with Crippen molar-refractivity contribution in [1.82, 2.24) is 9.21 Å². The van der Waals surface area contributed by atoms with Crippen LogP contribution in [0.15, 0.2) is 59.5 Å². The van der Waals surface area contributed by atoms with Crippen LogP contribution in [0, 0.1) is 11.8 Å². The number of fused-ring (bicyclic) bond motifs is 1. The summed E-state index contributed by atoms with van der Waals surface area (Å²) in [6.45, 7) is 3.08. The molecule has 0 aromatic heterocycles. The fraction of sp³-hybridized carbons (Fsp3) is 0.400. The highest BCUT2D eigenvalue weighted by Crippen LogP contribution is 2.35. The highest BCUT2D eigenvalue weighted by molar-refractivity contribution is 7.89. The van der Waals surface area contributed by atoms with Gasteiger partial charge in [-0.2, -0.15) is 17.5 Å². The molecule has 0 aliphatic carbocycles. The predicted octanol–water partition coefficient (Wildman–Crippen LogP) is 3.46. The summed E-state index contributed by atoms with van der Waals surface area (Å²) in [4.78, 5) is 2.52. The highest BCUT2D eigenvalue weighted by atomic mass is 32.2. The number of benzene rings is 2. The quantitative estimate of drug-likeness (QED) is 0.775. The normalized spacial score (nSPS) is 23.8. The minimum Gasteiger partial charge on any atom is -0.298 e. The van der Waals surface area contributed by atoms with Crippen molar-refractivity contribution >= 4 is 10.0 Å². The fourth-order valence-corrected chi connectivity index (χ4v) is 5.75. The van der Waals surface area contributed by atoms with Crippen LogP contribution in [-0.2, 0) is 22.7 Å². The molecule has 0 radical (unpaired) electrons. The van der Waals surface area contributed by atoms with Crippen LogP contribution >= 0.6 is 0 Å². The van der Waals surface area contributed by atoms with Crippen LogP contribution in [0.5, 0.6) is 0 Å². The molecule has 2 unspecified atom stereocenters. The predicted molar refractivity (Wildman–Crippen MR) is 98.9 cm³/mol. The summed E-state index contributed by atoms with van der Waals surface area (Å²) >= 11 is 0. The van der Waals surface area contributed by atoms with E-state index < -0.39 is 21.8 Å². The number of alkyl halides is 3. The van der Waals surface area contributed by atoms with Gasteiger partial charge in [-0.05, 0) is 41.7 Å². The van der Waals surface area contributed by atoms with Gasteiger partial charge in [0.2, 0.25) is 10.0 Å². The standard InChI is InChI=1S/C20H21F3N2O2S/c21-20(22,23)18-8-6-15(7-9-18)10-24-11-16-13-25(14-17(16)12-24)28(26,27)19-4-2-1-3-5-19/h1-9,16-17H,10-14H2. The number of rotatable bonds is 4. The monoisotopic (exact) mass is 410 g/mol. The average Bonchev–Trinajstić information content (AvgIpc) is 3.21. The Morgan fingerprint density at radius 2 is 1.43 bits per heavy atom. The molecule has 2 heterocycles. The maximum absolute atomic E-state index is 12.8. The molecule has 0 N–H and O–H groups in total. The molecule has 2 aromatic carbocycles. The Bertz CT molecular complexity index is 916. The summed E-state index contributed by atoms with van der Waals surface area (Å²) in [7, 11) is -3.47. The van der Waals surface area contributed by atoms with E-state index >= 15 is 0 Å².